The van der Waals surface area contributed by atoms with Crippen LogP contribution in [0.4, 0.5) is 4.79 Å². The maximum absolute atomic E-state index is 14.5. The lowest BCUT2D eigenvalue weighted by atomic mass is 9.83. The summed E-state index contributed by atoms with van der Waals surface area (Å²) in [6.45, 7) is 16.3. The van der Waals surface area contributed by atoms with Crippen LogP contribution in [0.25, 0.3) is 0 Å². The number of piperidine rings is 1. The average Bonchev–Trinajstić information content (AvgIpc) is 1.95. The molecule has 1 aliphatic heterocycles. The molecule has 93 heavy (non-hydrogen) atoms. The minimum atomic E-state index is -1.06. The molecule has 0 aliphatic carbocycles. The van der Waals surface area contributed by atoms with Gasteiger partial charge in [-0.3, -0.25) is 48.1 Å². The van der Waals surface area contributed by atoms with Crippen molar-refractivity contribution in [2.75, 3.05) is 87.1 Å². The Hall–Kier alpha value is -6.13. The molecule has 1 aromatic heterocycles. The zero-order valence-electron chi connectivity index (χ0n) is 56.7. The fourth-order valence-corrected chi connectivity index (χ4v) is 12.0. The van der Waals surface area contributed by atoms with E-state index in [9.17, 15) is 53.1 Å². The number of aliphatic carboxylic acids is 1. The van der Waals surface area contributed by atoms with Crippen molar-refractivity contribution in [3.05, 3.63) is 51.5 Å². The van der Waals surface area contributed by atoms with E-state index in [4.69, 9.17) is 34.6 Å². The number of nitrogens with zero attached hydrogens (tertiary/aromatic N) is 3. The second-order valence-electron chi connectivity index (χ2n) is 25.2. The monoisotopic (exact) mass is 1330 g/mol. The van der Waals surface area contributed by atoms with Gasteiger partial charge in [0.15, 0.2) is 17.7 Å². The van der Waals surface area contributed by atoms with Crippen molar-refractivity contribution in [3.8, 4) is 0 Å². The Kier molecular flexibility index (Phi) is 38.8. The van der Waals surface area contributed by atoms with Crippen molar-refractivity contribution in [2.45, 2.75) is 188 Å². The van der Waals surface area contributed by atoms with Gasteiger partial charge >= 0.3 is 12.1 Å². The second-order valence-corrected chi connectivity index (χ2v) is 26.1. The van der Waals surface area contributed by atoms with Gasteiger partial charge in [0.25, 0.3) is 5.91 Å². The van der Waals surface area contributed by atoms with Crippen LogP contribution in [-0.2, 0) is 74.9 Å². The van der Waals surface area contributed by atoms with Crippen molar-refractivity contribution in [1.82, 2.24) is 36.2 Å². The van der Waals surface area contributed by atoms with E-state index in [1.54, 1.807) is 43.1 Å². The highest BCUT2D eigenvalue weighted by atomic mass is 32.1. The van der Waals surface area contributed by atoms with Crippen LogP contribution in [0.5, 0.6) is 0 Å². The number of amides is 5. The largest absolute Gasteiger partial charge is 0.481 e. The average molecular weight is 1330 g/mol. The van der Waals surface area contributed by atoms with Gasteiger partial charge in [-0.2, -0.15) is 5.48 Å². The molecule has 9 atom stereocenters. The Morgan fingerprint density at radius 2 is 1.40 bits per heavy atom. The van der Waals surface area contributed by atoms with E-state index >= 15 is 0 Å². The van der Waals surface area contributed by atoms with Gasteiger partial charge in [-0.25, -0.2) is 9.78 Å². The van der Waals surface area contributed by atoms with E-state index in [-0.39, 0.29) is 143 Å². The van der Waals surface area contributed by atoms with E-state index < -0.39 is 71.8 Å². The number of ketones is 4. The standard InChI is InChI=1S/C67H108N8O17S/c1-11-45(6)53(39-59(79)56-19-14-15-26-74(56)9)65(83)75(10)57(44(4)5)40-60(92-67(86)69-8)64-73-55(42-93-64)63(82)71-49(35-46(7)66(84)85)36-47-21-23-48(24-22-47)37-58(78)54(18-12-13-20-61(68)80)72-62(81)52(43(2)3)38-50(76)25-28-89-30-32-91-34-33-90-31-29-88-27-16-17-51(77)41-70-87/h21-24,42-46,49,52-54,56-57,60,70,87H,11-20,25-41H2,1-10H3,(H2,68,80)(H,69,86)(H,71,82)(H,72,81)(H,84,85)/t45-,46-,49+,52-,53-,54-,56+,57+,60+/m0/s1. The molecule has 0 spiro atoms. The van der Waals surface area contributed by atoms with Crippen molar-refractivity contribution in [1.29, 1.82) is 0 Å². The Morgan fingerprint density at radius 1 is 0.763 bits per heavy atom. The number of hydrogen-bond acceptors (Lipinski definition) is 20. The first-order chi connectivity index (χ1) is 44.3. The molecule has 1 aliphatic rings. The minimum absolute atomic E-state index is 0.0135. The summed E-state index contributed by atoms with van der Waals surface area (Å²) in [6.07, 6.45) is 4.19. The van der Waals surface area contributed by atoms with E-state index in [2.05, 4.69) is 25.8 Å². The number of ether oxygens (including phenoxy) is 5. The van der Waals surface area contributed by atoms with Gasteiger partial charge in [0, 0.05) is 94.9 Å². The van der Waals surface area contributed by atoms with Crippen molar-refractivity contribution in [3.63, 3.8) is 0 Å². The first-order valence-electron chi connectivity index (χ1n) is 33.1. The summed E-state index contributed by atoms with van der Waals surface area (Å²) in [5.74, 6) is -5.86. The lowest BCUT2D eigenvalue weighted by molar-refractivity contribution is -0.143. The number of rotatable bonds is 50. The number of nitrogens with one attached hydrogen (secondary N) is 4. The Labute approximate surface area is 553 Å². The first-order valence-corrected chi connectivity index (χ1v) is 34.0. The van der Waals surface area contributed by atoms with E-state index in [0.29, 0.717) is 75.7 Å². The van der Waals surface area contributed by atoms with Crippen LogP contribution in [0.15, 0.2) is 29.6 Å². The molecule has 0 radical (unpaired) electrons. The summed E-state index contributed by atoms with van der Waals surface area (Å²) in [4.78, 5) is 140. The van der Waals surface area contributed by atoms with Crippen LogP contribution < -0.4 is 27.2 Å². The number of carbonyl (C=O) groups excluding carboxylic acids is 9. The predicted molar refractivity (Wildman–Crippen MR) is 350 cm³/mol. The maximum Gasteiger partial charge on any atom is 0.407 e. The van der Waals surface area contributed by atoms with E-state index in [1.165, 1.54) is 12.4 Å². The summed E-state index contributed by atoms with van der Waals surface area (Å²) in [6, 6.07) is 4.73. The molecule has 26 heteroatoms. The lowest BCUT2D eigenvalue weighted by Gasteiger charge is -2.37. The van der Waals surface area contributed by atoms with Gasteiger partial charge in [0.1, 0.15) is 22.3 Å². The number of alkyl carbamates (subject to hydrolysis) is 1. The lowest BCUT2D eigenvalue weighted by Crippen LogP contribution is -2.48. The minimum Gasteiger partial charge on any atom is -0.481 e. The number of unbranched alkanes of at least 4 members (excludes halogenated alkanes) is 1. The van der Waals surface area contributed by atoms with E-state index in [0.717, 1.165) is 42.7 Å². The van der Waals surface area contributed by atoms with Crippen LogP contribution in [0.3, 0.4) is 0 Å². The van der Waals surface area contributed by atoms with Crippen molar-refractivity contribution >= 4 is 70.2 Å². The number of carbonyl (C=O) groups is 10. The molecular weight excluding hydrogens is 1220 g/mol. The molecule has 1 saturated heterocycles. The highest BCUT2D eigenvalue weighted by Gasteiger charge is 2.38. The molecule has 8 N–H and O–H groups in total. The van der Waals surface area contributed by atoms with Gasteiger partial charge < -0.3 is 60.6 Å². The predicted octanol–water partition coefficient (Wildman–Crippen LogP) is 6.63. The number of benzene rings is 1. The van der Waals surface area contributed by atoms with Gasteiger partial charge in [0.2, 0.25) is 17.7 Å². The summed E-state index contributed by atoms with van der Waals surface area (Å²) in [7, 11) is 5.10. The van der Waals surface area contributed by atoms with Crippen LogP contribution in [0.2, 0.25) is 0 Å². The fraction of sp³-hybridized carbons (Fsp3) is 0.716. The molecule has 0 unspecified atom stereocenters. The number of Topliss-reactive ketones (excluding diaryl/α,β-unsaturated/α-hetero) is 4. The third-order valence-corrected chi connectivity index (χ3v) is 18.1. The number of carboxylic acid groups (broad SMARTS) is 1. The smallest absolute Gasteiger partial charge is 0.407 e. The zero-order valence-corrected chi connectivity index (χ0v) is 57.5. The number of nitrogens with two attached hydrogens (primary N) is 1. The molecule has 524 valence electrons. The molecular formula is C67H108N8O17S. The van der Waals surface area contributed by atoms with Crippen LogP contribution in [0.1, 0.15) is 178 Å². The number of hydrogen-bond donors (Lipinski definition) is 7. The topological polar surface area (TPSA) is 351 Å². The van der Waals surface area contributed by atoms with Gasteiger partial charge in [-0.1, -0.05) is 92.0 Å². The van der Waals surface area contributed by atoms with Crippen molar-refractivity contribution < 1.29 is 81.9 Å². The maximum atomic E-state index is 14.5. The van der Waals surface area contributed by atoms with Crippen LogP contribution in [-0.4, -0.2) is 195 Å². The zero-order chi connectivity index (χ0) is 69.0. The van der Waals surface area contributed by atoms with E-state index in [1.807, 2.05) is 54.1 Å². The number of likely N-dealkylation sites (tertiary alicyclic amines) is 1. The second kappa shape index (κ2) is 44.5. The Bertz CT molecular complexity index is 2640. The summed E-state index contributed by atoms with van der Waals surface area (Å²) >= 11 is 1.11. The number of primary amides is 1. The molecule has 0 saturated carbocycles. The first kappa shape index (κ1) is 81.1. The normalized spacial score (nSPS) is 16.1. The third-order valence-electron chi connectivity index (χ3n) is 17.2. The molecule has 2 heterocycles. The Morgan fingerprint density at radius 3 is 1.98 bits per heavy atom. The van der Waals surface area contributed by atoms with Gasteiger partial charge in [-0.05, 0) is 87.4 Å². The summed E-state index contributed by atoms with van der Waals surface area (Å²) in [5, 5.41) is 28.7. The highest BCUT2D eigenvalue weighted by Crippen LogP contribution is 2.33. The molecule has 0 bridgehead atoms. The number of carboxylic acids is 1. The third kappa shape index (κ3) is 30.9. The molecule has 2 aromatic rings. The Balaban J connectivity index is 1.66. The van der Waals surface area contributed by atoms with Gasteiger partial charge in [0.05, 0.1) is 70.8 Å². The number of hydroxylamine groups is 1. The number of likely N-dealkylation sites (N-methyl/N-ethyl adjacent to an activating group) is 1. The SMILES string of the molecule is CC[C@H](C)[C@H](CC(=O)[C@H]1CCCCN1C)C(=O)N(C)[C@H](C[C@@H](OC(=O)NC)c1nc(C(=O)N[C@@H](Cc2ccc(CC(=O)[C@H](CCCCC(N)=O)NC(=O)[C@@H](CC(=O)CCOCCOCCOCCOCCCC(=O)CNO)C(C)C)cc2)C[C@H](C)C(=O)O)cs1)C(C)C. The fourth-order valence-electron chi connectivity index (χ4n) is 11.2. The molecule has 1 fully saturated rings. The number of thiazole rings is 1. The highest BCUT2D eigenvalue weighted by molar-refractivity contribution is 7.09. The molecule has 25 nitrogen and oxygen atoms in total. The summed E-state index contributed by atoms with van der Waals surface area (Å²) in [5.41, 5.74) is 8.59. The molecule has 3 rings (SSSR count). The van der Waals surface area contributed by atoms with Gasteiger partial charge in [-0.15, -0.1) is 11.3 Å². The van der Waals surface area contributed by atoms with Crippen molar-refractivity contribution in [2.24, 2.45) is 41.2 Å². The van der Waals surface area contributed by atoms with Crippen LogP contribution in [0, 0.1) is 35.5 Å². The molecule has 1 aromatic carbocycles. The number of aromatic nitrogens is 1. The van der Waals surface area contributed by atoms with Crippen LogP contribution >= 0.6 is 11.3 Å². The summed E-state index contributed by atoms with van der Waals surface area (Å²) < 4.78 is 27.9. The quantitative estimate of drug-likeness (QED) is 0.0270. The molecule has 5 amide bonds.